The summed E-state index contributed by atoms with van der Waals surface area (Å²) >= 11 is -0.933. The van der Waals surface area contributed by atoms with Crippen molar-refractivity contribution in [1.29, 1.82) is 0 Å². The third-order valence-corrected chi connectivity index (χ3v) is 18.5. The van der Waals surface area contributed by atoms with Crippen molar-refractivity contribution in [3.8, 4) is 17.0 Å². The van der Waals surface area contributed by atoms with Gasteiger partial charge in [-0.05, 0) is 0 Å². The van der Waals surface area contributed by atoms with Gasteiger partial charge in [-0.15, -0.1) is 0 Å². The molecule has 3 heterocycles. The predicted octanol–water partition coefficient (Wildman–Crippen LogP) is 7.91. The van der Waals surface area contributed by atoms with Gasteiger partial charge in [0.15, 0.2) is 0 Å². The molecule has 4 rings (SSSR count). The van der Waals surface area contributed by atoms with Crippen molar-refractivity contribution in [1.82, 2.24) is 9.97 Å². The number of aliphatic carboxylic acids is 1. The summed E-state index contributed by atoms with van der Waals surface area (Å²) in [6, 6.07) is 16.7. The van der Waals surface area contributed by atoms with Crippen LogP contribution in [0.4, 0.5) is 0 Å². The second kappa shape index (κ2) is 15.1. The van der Waals surface area contributed by atoms with Crippen LogP contribution in [0.1, 0.15) is 63.8 Å². The minimum atomic E-state index is -2.80. The Labute approximate surface area is 262 Å². The normalized spacial score (nSPS) is 13.4. The van der Waals surface area contributed by atoms with Crippen molar-refractivity contribution in [2.24, 2.45) is 5.41 Å². The van der Waals surface area contributed by atoms with E-state index in [1.807, 2.05) is 70.0 Å². The predicted molar refractivity (Wildman–Crippen MR) is 173 cm³/mol. The topological polar surface area (TPSA) is 81.5 Å². The van der Waals surface area contributed by atoms with Crippen molar-refractivity contribution in [3.05, 3.63) is 95.6 Å². The molecule has 0 aliphatic carbocycles. The first-order valence-corrected chi connectivity index (χ1v) is 21.3. The fraction of sp³-hybridized carbons (Fsp3) is 0.382. The summed E-state index contributed by atoms with van der Waals surface area (Å²) in [5, 5.41) is 10.0. The Balaban J connectivity index is 1.61. The van der Waals surface area contributed by atoms with Crippen LogP contribution >= 0.6 is 11.8 Å². The number of allylic oxidation sites excluding steroid dienone is 2. The number of carbonyl (C=O) groups is 1. The third-order valence-electron chi connectivity index (χ3n) is 7.44. The van der Waals surface area contributed by atoms with Crippen LogP contribution in [0, 0.1) is 12.3 Å². The average molecular weight is 689 g/mol. The molecule has 0 radical (unpaired) electrons. The first-order chi connectivity index (χ1) is 20.2. The van der Waals surface area contributed by atoms with Crippen molar-refractivity contribution >= 4 is 39.2 Å². The number of ether oxygens (including phenoxy) is 2. The zero-order chi connectivity index (χ0) is 30.1. The SMILES string of the molecule is CCCCSC1=[C](CC(C)(C)C(=O)O)[In]([CH2]c2ccc(-c3ccc(OCC)nc3)cc2)[C](OCc2ccc(C)cn2)=C1. The average Bonchev–Trinajstić information content (AvgIpc) is 3.28. The van der Waals surface area contributed by atoms with E-state index < -0.39 is 32.8 Å². The number of aryl methyl sites for hydroxylation is 1. The van der Waals surface area contributed by atoms with Crippen LogP contribution in [0.25, 0.3) is 11.1 Å². The van der Waals surface area contributed by atoms with Crippen molar-refractivity contribution in [2.75, 3.05) is 12.4 Å². The monoisotopic (exact) mass is 688 g/mol. The second-order valence-corrected chi connectivity index (χ2v) is 20.5. The van der Waals surface area contributed by atoms with Gasteiger partial charge in [-0.25, -0.2) is 0 Å². The Morgan fingerprint density at radius 1 is 0.976 bits per heavy atom. The van der Waals surface area contributed by atoms with Gasteiger partial charge < -0.3 is 0 Å². The summed E-state index contributed by atoms with van der Waals surface area (Å²) in [7, 11) is 0. The molecule has 8 heteroatoms. The number of pyridine rings is 2. The zero-order valence-electron chi connectivity index (χ0n) is 25.4. The quantitative estimate of drug-likeness (QED) is 0.163. The number of hydrogen-bond acceptors (Lipinski definition) is 6. The van der Waals surface area contributed by atoms with Crippen LogP contribution < -0.4 is 4.74 Å². The molecule has 0 amide bonds. The van der Waals surface area contributed by atoms with Crippen LogP contribution in [-0.2, 0) is 20.3 Å². The molecule has 0 fully saturated rings. The molecule has 6 nitrogen and oxygen atoms in total. The molecule has 0 saturated heterocycles. The van der Waals surface area contributed by atoms with Crippen LogP contribution in [-0.4, -0.2) is 54.8 Å². The number of unbranched alkanes of at least 4 members (excludes halogenated alkanes) is 1. The Kier molecular flexibility index (Phi) is 11.6. The van der Waals surface area contributed by atoms with E-state index in [4.69, 9.17) is 9.47 Å². The Morgan fingerprint density at radius 2 is 1.74 bits per heavy atom. The van der Waals surface area contributed by atoms with E-state index in [0.717, 1.165) is 48.7 Å². The minimum absolute atomic E-state index is 0.422. The number of hydrogen-bond donors (Lipinski definition) is 1. The van der Waals surface area contributed by atoms with E-state index in [9.17, 15) is 9.90 Å². The molecule has 0 atom stereocenters. The van der Waals surface area contributed by atoms with Gasteiger partial charge >= 0.3 is 264 Å². The van der Waals surface area contributed by atoms with Gasteiger partial charge in [0.25, 0.3) is 0 Å². The number of carboxylic acid groups (broad SMARTS) is 1. The molecule has 2 aromatic heterocycles. The van der Waals surface area contributed by atoms with Gasteiger partial charge in [0.2, 0.25) is 0 Å². The fourth-order valence-electron chi connectivity index (χ4n) is 4.85. The summed E-state index contributed by atoms with van der Waals surface area (Å²) in [5.41, 5.74) is 4.59. The summed E-state index contributed by atoms with van der Waals surface area (Å²) in [4.78, 5) is 22.4. The van der Waals surface area contributed by atoms with Crippen molar-refractivity contribution < 1.29 is 19.4 Å². The van der Waals surface area contributed by atoms with E-state index in [0.29, 0.717) is 25.5 Å². The van der Waals surface area contributed by atoms with Crippen LogP contribution in [0.5, 0.6) is 5.88 Å². The number of nitrogens with zero attached hydrogens (tertiary/aromatic N) is 2. The van der Waals surface area contributed by atoms with Crippen LogP contribution in [0.15, 0.2) is 78.8 Å². The van der Waals surface area contributed by atoms with Gasteiger partial charge in [-0.2, -0.15) is 0 Å². The van der Waals surface area contributed by atoms with Gasteiger partial charge in [0.05, 0.1) is 0 Å². The van der Waals surface area contributed by atoms with Crippen LogP contribution in [0.3, 0.4) is 0 Å². The maximum atomic E-state index is 12.2. The number of benzene rings is 1. The first kappa shape index (κ1) is 32.2. The van der Waals surface area contributed by atoms with E-state index in [1.165, 1.54) is 13.8 Å². The molecular weight excluding hydrogens is 647 g/mol. The van der Waals surface area contributed by atoms with E-state index in [1.54, 1.807) is 0 Å². The summed E-state index contributed by atoms with van der Waals surface area (Å²) < 4.78 is 15.4. The zero-order valence-corrected chi connectivity index (χ0v) is 29.5. The van der Waals surface area contributed by atoms with Gasteiger partial charge in [0, 0.05) is 0 Å². The Morgan fingerprint density at radius 3 is 2.36 bits per heavy atom. The Bertz CT molecular complexity index is 1400. The van der Waals surface area contributed by atoms with Gasteiger partial charge in [-0.1, -0.05) is 0 Å². The van der Waals surface area contributed by atoms with Gasteiger partial charge in [0.1, 0.15) is 0 Å². The maximum absolute atomic E-state index is 12.2. The molecule has 0 bridgehead atoms. The number of rotatable bonds is 15. The number of aromatic nitrogens is 2. The molecule has 220 valence electrons. The molecule has 1 N–H and O–H groups in total. The molecule has 0 spiro atoms. The van der Waals surface area contributed by atoms with E-state index in [2.05, 4.69) is 53.3 Å². The summed E-state index contributed by atoms with van der Waals surface area (Å²) in [6.45, 7) is 10.9. The number of carboxylic acids is 1. The molecule has 0 unspecified atom stereocenters. The standard InChI is InChI=1S/C20H27NO3S.C14H14NO.In/c1-5-6-13-25-18(9-11-20(3,4)19(22)23)10-12-24-15-17-8-7-16(2)14-21-17;1-3-16-14-9-8-13(10-15-14)12-6-4-11(2)5-7-12;/h7-8,10,14H,5-6,11,13,15H2,1-4H3,(H,22,23);4-10H,2-3H2,1H3;. The van der Waals surface area contributed by atoms with E-state index in [-0.39, 0.29) is 0 Å². The Hall–Kier alpha value is -2.71. The second-order valence-electron chi connectivity index (χ2n) is 11.4. The van der Waals surface area contributed by atoms with Crippen molar-refractivity contribution in [3.63, 3.8) is 0 Å². The first-order valence-electron chi connectivity index (χ1n) is 14.7. The van der Waals surface area contributed by atoms with E-state index >= 15 is 0 Å². The summed E-state index contributed by atoms with van der Waals surface area (Å²) in [5.74, 6) is 0.893. The van der Waals surface area contributed by atoms with Crippen molar-refractivity contribution in [2.45, 2.75) is 64.7 Å². The molecule has 42 heavy (non-hydrogen) atoms. The third kappa shape index (κ3) is 8.66. The molecule has 1 aliphatic heterocycles. The van der Waals surface area contributed by atoms with Gasteiger partial charge in [-0.3, -0.25) is 0 Å². The van der Waals surface area contributed by atoms with Crippen LogP contribution in [0.2, 0.25) is 0 Å². The molecule has 1 aliphatic rings. The molecule has 3 aromatic rings. The molecule has 1 aromatic carbocycles. The number of thioether (sulfide) groups is 1. The molecule has 0 saturated carbocycles. The summed E-state index contributed by atoms with van der Waals surface area (Å²) in [6.07, 6.45) is 8.77. The molecular formula is C34H41InN2O4S. The fourth-order valence-corrected chi connectivity index (χ4v) is 17.6.